The first-order valence-electron chi connectivity index (χ1n) is 5.84. The molecule has 1 fully saturated rings. The van der Waals surface area contributed by atoms with Gasteiger partial charge < -0.3 is 10.6 Å². The van der Waals surface area contributed by atoms with E-state index in [1.165, 1.54) is 9.13 Å². The summed E-state index contributed by atoms with van der Waals surface area (Å²) in [5, 5.41) is 6.25. The second-order valence-corrected chi connectivity index (χ2v) is 5.94. The molecule has 1 aromatic carbocycles. The smallest absolute Gasteiger partial charge is 0.244 e. The van der Waals surface area contributed by atoms with Gasteiger partial charge in [0, 0.05) is 9.26 Å². The summed E-state index contributed by atoms with van der Waals surface area (Å²) in [6.07, 6.45) is 1.97. The molecular weight excluding hydrogens is 327 g/mol. The van der Waals surface area contributed by atoms with Gasteiger partial charge in [0.25, 0.3) is 0 Å². The Morgan fingerprint density at radius 3 is 2.88 bits per heavy atom. The fourth-order valence-electron chi connectivity index (χ4n) is 2.03. The molecule has 1 aliphatic rings. The Hall–Kier alpha value is -0.620. The van der Waals surface area contributed by atoms with Crippen LogP contribution in [0.1, 0.15) is 25.3 Å². The van der Waals surface area contributed by atoms with Gasteiger partial charge in [0.05, 0.1) is 5.54 Å². The summed E-state index contributed by atoms with van der Waals surface area (Å²) in [6.45, 7) is 4.96. The van der Waals surface area contributed by atoms with Crippen molar-refractivity contribution >= 4 is 34.2 Å². The topological polar surface area (TPSA) is 41.1 Å². The van der Waals surface area contributed by atoms with Crippen LogP contribution in [0.2, 0.25) is 0 Å². The van der Waals surface area contributed by atoms with Gasteiger partial charge in [0.2, 0.25) is 5.91 Å². The van der Waals surface area contributed by atoms with E-state index in [0.717, 1.165) is 25.1 Å². The summed E-state index contributed by atoms with van der Waals surface area (Å²) in [4.78, 5) is 12.2. The van der Waals surface area contributed by atoms with Crippen LogP contribution in [-0.4, -0.2) is 18.0 Å². The number of carbonyl (C=O) groups is 1. The largest absolute Gasteiger partial charge is 0.324 e. The summed E-state index contributed by atoms with van der Waals surface area (Å²) >= 11 is 2.28. The molecule has 1 saturated heterocycles. The van der Waals surface area contributed by atoms with E-state index in [-0.39, 0.29) is 5.91 Å². The summed E-state index contributed by atoms with van der Waals surface area (Å²) in [7, 11) is 0. The van der Waals surface area contributed by atoms with Crippen LogP contribution in [0.5, 0.6) is 0 Å². The molecule has 0 spiro atoms. The van der Waals surface area contributed by atoms with Gasteiger partial charge in [0.15, 0.2) is 0 Å². The Labute approximate surface area is 116 Å². The number of hydrogen-bond acceptors (Lipinski definition) is 2. The van der Waals surface area contributed by atoms with Gasteiger partial charge in [-0.2, -0.15) is 0 Å². The number of amides is 1. The van der Waals surface area contributed by atoms with E-state index in [2.05, 4.69) is 40.1 Å². The summed E-state index contributed by atoms with van der Waals surface area (Å²) in [5.41, 5.74) is 1.70. The van der Waals surface area contributed by atoms with Crippen LogP contribution in [0.4, 0.5) is 5.69 Å². The highest BCUT2D eigenvalue weighted by Crippen LogP contribution is 2.22. The zero-order valence-electron chi connectivity index (χ0n) is 10.1. The second kappa shape index (κ2) is 4.94. The van der Waals surface area contributed by atoms with E-state index in [4.69, 9.17) is 0 Å². The fourth-order valence-corrected chi connectivity index (χ4v) is 2.54. The van der Waals surface area contributed by atoms with Crippen molar-refractivity contribution in [1.82, 2.24) is 5.32 Å². The van der Waals surface area contributed by atoms with E-state index >= 15 is 0 Å². The van der Waals surface area contributed by atoms with Gasteiger partial charge in [-0.25, -0.2) is 0 Å². The quantitative estimate of drug-likeness (QED) is 0.810. The second-order valence-electron chi connectivity index (χ2n) is 4.78. The molecule has 1 amide bonds. The molecule has 0 saturated carbocycles. The number of halogens is 1. The molecule has 3 nitrogen and oxygen atoms in total. The number of benzene rings is 1. The van der Waals surface area contributed by atoms with Crippen LogP contribution in [0, 0.1) is 10.5 Å². The van der Waals surface area contributed by atoms with Crippen molar-refractivity contribution in [3.63, 3.8) is 0 Å². The third kappa shape index (κ3) is 2.80. The lowest BCUT2D eigenvalue weighted by molar-refractivity contribution is -0.121. The van der Waals surface area contributed by atoms with Crippen molar-refractivity contribution in [2.24, 2.45) is 0 Å². The maximum absolute atomic E-state index is 12.2. The molecule has 1 heterocycles. The van der Waals surface area contributed by atoms with Gasteiger partial charge in [-0.3, -0.25) is 4.79 Å². The molecular formula is C13H17IN2O. The van der Waals surface area contributed by atoms with E-state index < -0.39 is 5.54 Å². The fraction of sp³-hybridized carbons (Fsp3) is 0.462. The van der Waals surface area contributed by atoms with Crippen LogP contribution in [0.15, 0.2) is 18.2 Å². The first kappa shape index (κ1) is 12.8. The van der Waals surface area contributed by atoms with E-state index in [0.29, 0.717) is 0 Å². The standard InChI is InChI=1S/C13H17IN2O/c1-9-4-5-10(8-11(9)14)16-12(17)13(2)6-3-7-15-13/h4-5,8,15H,3,6-7H2,1-2H3,(H,16,17). The molecule has 0 bridgehead atoms. The SMILES string of the molecule is Cc1ccc(NC(=O)C2(C)CCCN2)cc1I. The van der Waals surface area contributed by atoms with Crippen LogP contribution in [0.25, 0.3) is 0 Å². The number of anilines is 1. The summed E-state index contributed by atoms with van der Waals surface area (Å²) < 4.78 is 1.17. The summed E-state index contributed by atoms with van der Waals surface area (Å²) in [6, 6.07) is 5.99. The molecule has 0 radical (unpaired) electrons. The maximum atomic E-state index is 12.2. The summed E-state index contributed by atoms with van der Waals surface area (Å²) in [5.74, 6) is 0.0645. The van der Waals surface area contributed by atoms with Gasteiger partial charge in [-0.1, -0.05) is 6.07 Å². The molecule has 17 heavy (non-hydrogen) atoms. The minimum atomic E-state index is -0.406. The van der Waals surface area contributed by atoms with Crippen molar-refractivity contribution in [1.29, 1.82) is 0 Å². The first-order chi connectivity index (χ1) is 8.01. The Bertz CT molecular complexity index is 439. The number of rotatable bonds is 2. The van der Waals surface area contributed by atoms with Gasteiger partial charge in [-0.05, 0) is 73.5 Å². The van der Waals surface area contributed by atoms with Crippen LogP contribution >= 0.6 is 22.6 Å². The Kier molecular flexibility index (Phi) is 3.73. The third-order valence-corrected chi connectivity index (χ3v) is 4.46. The highest BCUT2D eigenvalue weighted by molar-refractivity contribution is 14.1. The highest BCUT2D eigenvalue weighted by atomic mass is 127. The molecule has 1 unspecified atom stereocenters. The van der Waals surface area contributed by atoms with Crippen molar-refractivity contribution in [2.45, 2.75) is 32.2 Å². The maximum Gasteiger partial charge on any atom is 0.244 e. The van der Waals surface area contributed by atoms with Crippen LogP contribution in [-0.2, 0) is 4.79 Å². The molecule has 0 aromatic heterocycles. The molecule has 0 aliphatic carbocycles. The molecule has 92 valence electrons. The first-order valence-corrected chi connectivity index (χ1v) is 6.92. The monoisotopic (exact) mass is 344 g/mol. The van der Waals surface area contributed by atoms with Gasteiger partial charge in [-0.15, -0.1) is 0 Å². The number of hydrogen-bond donors (Lipinski definition) is 2. The molecule has 4 heteroatoms. The lowest BCUT2D eigenvalue weighted by Gasteiger charge is -2.23. The zero-order valence-corrected chi connectivity index (χ0v) is 12.3. The third-order valence-electron chi connectivity index (χ3n) is 3.30. The minimum Gasteiger partial charge on any atom is -0.324 e. The number of carbonyl (C=O) groups excluding carboxylic acids is 1. The van der Waals surface area contributed by atoms with Crippen molar-refractivity contribution in [3.8, 4) is 0 Å². The van der Waals surface area contributed by atoms with Crippen molar-refractivity contribution in [3.05, 3.63) is 27.3 Å². The van der Waals surface area contributed by atoms with E-state index in [1.54, 1.807) is 0 Å². The van der Waals surface area contributed by atoms with Gasteiger partial charge in [0.1, 0.15) is 0 Å². The van der Waals surface area contributed by atoms with Crippen LogP contribution in [0.3, 0.4) is 0 Å². The predicted octanol–water partition coefficient (Wildman–Crippen LogP) is 2.68. The van der Waals surface area contributed by atoms with Gasteiger partial charge >= 0.3 is 0 Å². The molecule has 1 aromatic rings. The lowest BCUT2D eigenvalue weighted by atomic mass is 9.99. The lowest BCUT2D eigenvalue weighted by Crippen LogP contribution is -2.47. The Morgan fingerprint density at radius 1 is 1.53 bits per heavy atom. The average molecular weight is 344 g/mol. The predicted molar refractivity (Wildman–Crippen MR) is 78.2 cm³/mol. The average Bonchev–Trinajstić information content (AvgIpc) is 2.72. The Morgan fingerprint density at radius 2 is 2.29 bits per heavy atom. The van der Waals surface area contributed by atoms with E-state index in [9.17, 15) is 4.79 Å². The van der Waals surface area contributed by atoms with Crippen molar-refractivity contribution in [2.75, 3.05) is 11.9 Å². The number of nitrogens with one attached hydrogen (secondary N) is 2. The molecule has 2 rings (SSSR count). The highest BCUT2D eigenvalue weighted by Gasteiger charge is 2.35. The van der Waals surface area contributed by atoms with E-state index in [1.807, 2.05) is 25.1 Å². The van der Waals surface area contributed by atoms with Crippen LogP contribution < -0.4 is 10.6 Å². The Balaban J connectivity index is 2.10. The van der Waals surface area contributed by atoms with Crippen molar-refractivity contribution < 1.29 is 4.79 Å². The molecule has 1 atom stereocenters. The normalized spacial score (nSPS) is 23.7. The molecule has 2 N–H and O–H groups in total. The number of aryl methyl sites for hydroxylation is 1. The molecule has 1 aliphatic heterocycles. The zero-order chi connectivity index (χ0) is 12.5. The minimum absolute atomic E-state index is 0.0645.